The Morgan fingerprint density at radius 2 is 1.69 bits per heavy atom. The quantitative estimate of drug-likeness (QED) is 0.446. The second kappa shape index (κ2) is 9.70. The van der Waals surface area contributed by atoms with Crippen molar-refractivity contribution in [2.45, 2.75) is 19.9 Å². The van der Waals surface area contributed by atoms with Gasteiger partial charge in [0.25, 0.3) is 0 Å². The SMILES string of the molecule is CC(C)NC[SiH2]N([SiH2]CCl)[SiH2]CCl. The summed E-state index contributed by atoms with van der Waals surface area (Å²) in [6.45, 7) is 4.38. The largest absolute Gasteiger partial charge is 0.380 e. The fourth-order valence-electron chi connectivity index (χ4n) is 1.09. The molecular weight excluding hydrogens is 255 g/mol. The monoisotopic (exact) mass is 274 g/mol. The van der Waals surface area contributed by atoms with Gasteiger partial charge in [-0.3, -0.25) is 0 Å². The summed E-state index contributed by atoms with van der Waals surface area (Å²) in [5.41, 5.74) is 1.77. The smallest absolute Gasteiger partial charge is 0.0959 e. The Hall–Kier alpha value is 1.15. The van der Waals surface area contributed by atoms with E-state index in [-0.39, 0.29) is 29.0 Å². The number of nitrogens with one attached hydrogen (secondary N) is 1. The van der Waals surface area contributed by atoms with Crippen LogP contribution in [0.1, 0.15) is 13.8 Å². The predicted octanol–water partition coefficient (Wildman–Crippen LogP) is -1.11. The first-order chi connectivity index (χ1) is 6.20. The molecule has 80 valence electrons. The molecule has 7 heteroatoms. The first-order valence-electron chi connectivity index (χ1n) is 4.78. The molecule has 0 heterocycles. The molecule has 0 aromatic rings. The van der Waals surface area contributed by atoms with E-state index in [1.54, 1.807) is 0 Å². The minimum atomic E-state index is -0.122. The zero-order chi connectivity index (χ0) is 10.1. The van der Waals surface area contributed by atoms with Gasteiger partial charge in [-0.2, -0.15) is 0 Å². The molecule has 1 N–H and O–H groups in total. The average molecular weight is 275 g/mol. The topological polar surface area (TPSA) is 15.3 Å². The number of alkyl halides is 2. The van der Waals surface area contributed by atoms with Crippen LogP contribution in [0.3, 0.4) is 0 Å². The van der Waals surface area contributed by atoms with Crippen molar-refractivity contribution in [1.82, 2.24) is 9.21 Å². The molecule has 0 aromatic heterocycles. The third kappa shape index (κ3) is 9.45. The van der Waals surface area contributed by atoms with Gasteiger partial charge in [-0.1, -0.05) is 13.8 Å². The van der Waals surface area contributed by atoms with E-state index in [2.05, 4.69) is 23.1 Å². The Labute approximate surface area is 98.4 Å². The summed E-state index contributed by atoms with van der Waals surface area (Å²) in [6, 6.07) is 0.615. The summed E-state index contributed by atoms with van der Waals surface area (Å²) >= 11 is 11.5. The van der Waals surface area contributed by atoms with E-state index in [0.717, 1.165) is 11.0 Å². The maximum Gasteiger partial charge on any atom is 0.0959 e. The summed E-state index contributed by atoms with van der Waals surface area (Å²) in [4.78, 5) is 0. The molecule has 0 radical (unpaired) electrons. The minimum absolute atomic E-state index is 0.0627. The van der Waals surface area contributed by atoms with Gasteiger partial charge in [0.05, 0.1) is 29.0 Å². The lowest BCUT2D eigenvalue weighted by Crippen LogP contribution is -2.43. The van der Waals surface area contributed by atoms with E-state index in [4.69, 9.17) is 23.2 Å². The van der Waals surface area contributed by atoms with Gasteiger partial charge >= 0.3 is 0 Å². The molecule has 0 aliphatic rings. The molecule has 0 bridgehead atoms. The lowest BCUT2D eigenvalue weighted by molar-refractivity contribution is 0.644. The fourth-order valence-corrected chi connectivity index (χ4v) is 12.0. The third-order valence-electron chi connectivity index (χ3n) is 1.78. The average Bonchev–Trinajstić information content (AvgIpc) is 2.04. The first-order valence-corrected chi connectivity index (χ1v) is 10.7. The Balaban J connectivity index is 3.44. The number of nitrogens with zero attached hydrogens (tertiary/aromatic N) is 1. The Kier molecular flexibility index (Phi) is 10.6. The molecule has 0 fully saturated rings. The van der Waals surface area contributed by atoms with Crippen molar-refractivity contribution in [2.75, 3.05) is 17.2 Å². The highest BCUT2D eigenvalue weighted by Crippen LogP contribution is 1.85. The normalized spacial score (nSPS) is 14.3. The summed E-state index contributed by atoms with van der Waals surface area (Å²) < 4.78 is 2.69. The molecule has 0 aliphatic heterocycles. The summed E-state index contributed by atoms with van der Waals surface area (Å²) in [7, 11) is -0.308. The highest BCUT2D eigenvalue weighted by Gasteiger charge is 2.04. The van der Waals surface area contributed by atoms with Crippen molar-refractivity contribution in [2.24, 2.45) is 0 Å². The summed E-state index contributed by atoms with van der Waals surface area (Å²) in [5.74, 6) is 0. The Morgan fingerprint density at radius 3 is 2.08 bits per heavy atom. The Bertz CT molecular complexity index is 112. The lowest BCUT2D eigenvalue weighted by Gasteiger charge is -2.20. The van der Waals surface area contributed by atoms with E-state index >= 15 is 0 Å². The molecule has 0 unspecified atom stereocenters. The van der Waals surface area contributed by atoms with Crippen LogP contribution in [0.5, 0.6) is 0 Å². The van der Waals surface area contributed by atoms with E-state index in [1.807, 2.05) is 0 Å². The second-order valence-corrected chi connectivity index (χ2v) is 13.6. The maximum atomic E-state index is 5.77. The van der Waals surface area contributed by atoms with Crippen LogP contribution in [0, 0.1) is 0 Å². The zero-order valence-corrected chi connectivity index (χ0v) is 14.3. The molecule has 13 heavy (non-hydrogen) atoms. The van der Waals surface area contributed by atoms with Crippen molar-refractivity contribution in [3.8, 4) is 0 Å². The minimum Gasteiger partial charge on any atom is -0.380 e. The van der Waals surface area contributed by atoms with Gasteiger partial charge in [0.15, 0.2) is 0 Å². The number of hydrogen-bond donors (Lipinski definition) is 1. The first kappa shape index (κ1) is 14.2. The van der Waals surface area contributed by atoms with E-state index in [1.165, 1.54) is 6.17 Å². The lowest BCUT2D eigenvalue weighted by atomic mass is 10.4. The highest BCUT2D eigenvalue weighted by molar-refractivity contribution is 6.71. The number of halogens is 2. The maximum absolute atomic E-state index is 5.77. The molecule has 0 aliphatic carbocycles. The van der Waals surface area contributed by atoms with Gasteiger partial charge in [-0.25, -0.2) is 0 Å². The van der Waals surface area contributed by atoms with E-state index in [0.29, 0.717) is 6.04 Å². The van der Waals surface area contributed by atoms with Crippen LogP contribution in [-0.2, 0) is 0 Å². The number of rotatable bonds is 8. The summed E-state index contributed by atoms with van der Waals surface area (Å²) in [5, 5.41) is 3.47. The van der Waals surface area contributed by atoms with Gasteiger partial charge < -0.3 is 9.21 Å². The molecule has 2 nitrogen and oxygen atoms in total. The van der Waals surface area contributed by atoms with Gasteiger partial charge in [0, 0.05) is 17.0 Å². The molecule has 0 spiro atoms. The van der Waals surface area contributed by atoms with Crippen LogP contribution in [0.15, 0.2) is 0 Å². The van der Waals surface area contributed by atoms with Crippen LogP contribution in [0.4, 0.5) is 0 Å². The van der Waals surface area contributed by atoms with Crippen LogP contribution in [-0.4, -0.2) is 56.2 Å². The van der Waals surface area contributed by atoms with Crippen molar-refractivity contribution >= 4 is 52.2 Å². The van der Waals surface area contributed by atoms with Gasteiger partial charge in [0.1, 0.15) is 0 Å². The predicted molar refractivity (Wildman–Crippen MR) is 72.0 cm³/mol. The molecule has 0 aromatic carbocycles. The summed E-state index contributed by atoms with van der Waals surface area (Å²) in [6.07, 6.45) is 1.21. The van der Waals surface area contributed by atoms with Gasteiger partial charge in [-0.15, -0.1) is 23.2 Å². The van der Waals surface area contributed by atoms with Gasteiger partial charge in [0.2, 0.25) is 0 Å². The second-order valence-electron chi connectivity index (χ2n) is 3.33. The van der Waals surface area contributed by atoms with Crippen molar-refractivity contribution in [1.29, 1.82) is 0 Å². The standard InChI is InChI=1S/C6H20Cl2N2Si3/c1-6(2)9-5-13-10(11-3-7)12-4-8/h6,9H,3-5,11-13H2,1-2H3. The van der Waals surface area contributed by atoms with Crippen molar-refractivity contribution in [3.05, 3.63) is 0 Å². The molecule has 0 saturated carbocycles. The molecule has 0 atom stereocenters. The fraction of sp³-hybridized carbons (Fsp3) is 1.00. The highest BCUT2D eigenvalue weighted by atomic mass is 35.5. The molecule has 0 saturated heterocycles. The van der Waals surface area contributed by atoms with Crippen molar-refractivity contribution < 1.29 is 0 Å². The zero-order valence-electron chi connectivity index (χ0n) is 8.52. The van der Waals surface area contributed by atoms with Crippen LogP contribution >= 0.6 is 23.2 Å². The Morgan fingerprint density at radius 1 is 1.15 bits per heavy atom. The molecule has 0 rings (SSSR count). The van der Waals surface area contributed by atoms with Gasteiger partial charge in [-0.05, 0) is 6.17 Å². The molecular formula is C6H20Cl2N2Si3. The van der Waals surface area contributed by atoms with Crippen LogP contribution in [0.25, 0.3) is 0 Å². The molecule has 0 amide bonds. The van der Waals surface area contributed by atoms with Crippen LogP contribution in [0.2, 0.25) is 0 Å². The van der Waals surface area contributed by atoms with Crippen LogP contribution < -0.4 is 5.32 Å². The number of hydrogen-bond acceptors (Lipinski definition) is 2. The van der Waals surface area contributed by atoms with E-state index in [9.17, 15) is 0 Å². The van der Waals surface area contributed by atoms with E-state index < -0.39 is 0 Å². The van der Waals surface area contributed by atoms with Crippen molar-refractivity contribution in [3.63, 3.8) is 0 Å². The third-order valence-corrected chi connectivity index (χ3v) is 11.2.